The van der Waals surface area contributed by atoms with Gasteiger partial charge in [0.25, 0.3) is 0 Å². The highest BCUT2D eigenvalue weighted by atomic mass is 28.4. The summed E-state index contributed by atoms with van der Waals surface area (Å²) in [6, 6.07) is 0. The van der Waals surface area contributed by atoms with Crippen molar-refractivity contribution in [2.75, 3.05) is 0 Å². The molecule has 1 aliphatic carbocycles. The topological polar surface area (TPSA) is 63.6 Å². The standard InChI is InChI=1S/C28H50O4Si/c1-9-10-15-22(2)28(6,32-33(7,8)27(3,4)5)21-20-23-18-19-25(29)24(23)16-13-11-12-14-17-26(30)31/h11,13,18,22,24H,9-10,12,14-17,19-21H2,1-8H3,(H,30,31)/b13-11-/t22?,24-,28?/m1/s1. The molecule has 0 spiro atoms. The third-order valence-corrected chi connectivity index (χ3v) is 12.5. The van der Waals surface area contributed by atoms with Gasteiger partial charge in [-0.2, -0.15) is 0 Å². The molecule has 0 amide bonds. The molecule has 190 valence electrons. The quantitative estimate of drug-likeness (QED) is 0.147. The van der Waals surface area contributed by atoms with E-state index in [-0.39, 0.29) is 23.0 Å². The predicted molar refractivity (Wildman–Crippen MR) is 141 cm³/mol. The van der Waals surface area contributed by atoms with Crippen molar-refractivity contribution in [1.29, 1.82) is 0 Å². The van der Waals surface area contributed by atoms with Crippen molar-refractivity contribution >= 4 is 20.1 Å². The Labute approximate surface area is 204 Å². The Balaban J connectivity index is 2.85. The van der Waals surface area contributed by atoms with Gasteiger partial charge in [-0.1, -0.05) is 71.3 Å². The van der Waals surface area contributed by atoms with Gasteiger partial charge in [0.05, 0.1) is 5.60 Å². The van der Waals surface area contributed by atoms with Crippen molar-refractivity contribution in [2.45, 2.75) is 129 Å². The summed E-state index contributed by atoms with van der Waals surface area (Å²) in [6.07, 6.45) is 14.5. The lowest BCUT2D eigenvalue weighted by molar-refractivity contribution is -0.137. The van der Waals surface area contributed by atoms with Crippen molar-refractivity contribution in [2.24, 2.45) is 11.8 Å². The summed E-state index contributed by atoms with van der Waals surface area (Å²) < 4.78 is 7.08. The van der Waals surface area contributed by atoms with E-state index in [4.69, 9.17) is 9.53 Å². The number of ketones is 1. The molecule has 0 aliphatic heterocycles. The molecule has 0 heterocycles. The van der Waals surface area contributed by atoms with E-state index >= 15 is 0 Å². The molecule has 1 aliphatic rings. The first kappa shape index (κ1) is 29.8. The largest absolute Gasteiger partial charge is 0.481 e. The molecule has 3 atom stereocenters. The summed E-state index contributed by atoms with van der Waals surface area (Å²) in [4.78, 5) is 23.2. The van der Waals surface area contributed by atoms with Gasteiger partial charge in [-0.3, -0.25) is 9.59 Å². The van der Waals surface area contributed by atoms with Crippen LogP contribution >= 0.6 is 0 Å². The van der Waals surface area contributed by atoms with E-state index < -0.39 is 14.3 Å². The monoisotopic (exact) mass is 478 g/mol. The maximum Gasteiger partial charge on any atom is 0.303 e. The van der Waals surface area contributed by atoms with E-state index in [1.807, 2.05) is 6.08 Å². The lowest BCUT2D eigenvalue weighted by Crippen LogP contribution is -2.51. The second kappa shape index (κ2) is 13.0. The van der Waals surface area contributed by atoms with Gasteiger partial charge in [0.15, 0.2) is 8.32 Å². The molecule has 0 aromatic rings. The molecule has 0 bridgehead atoms. The lowest BCUT2D eigenvalue weighted by atomic mass is 9.81. The van der Waals surface area contributed by atoms with Crippen LogP contribution in [0.15, 0.2) is 23.8 Å². The minimum atomic E-state index is -1.93. The van der Waals surface area contributed by atoms with E-state index in [1.54, 1.807) is 0 Å². The van der Waals surface area contributed by atoms with E-state index in [1.165, 1.54) is 24.8 Å². The highest BCUT2D eigenvalue weighted by Gasteiger charge is 2.45. The molecule has 0 saturated heterocycles. The smallest absolute Gasteiger partial charge is 0.303 e. The minimum Gasteiger partial charge on any atom is -0.481 e. The van der Waals surface area contributed by atoms with Crippen LogP contribution in [0.1, 0.15) is 106 Å². The Morgan fingerprint density at radius 3 is 2.48 bits per heavy atom. The average Bonchev–Trinajstić information content (AvgIpc) is 3.05. The zero-order chi connectivity index (χ0) is 25.3. The lowest BCUT2D eigenvalue weighted by Gasteiger charge is -2.47. The Morgan fingerprint density at radius 1 is 1.24 bits per heavy atom. The maximum absolute atomic E-state index is 12.6. The second-order valence-electron chi connectivity index (χ2n) is 11.7. The van der Waals surface area contributed by atoms with Crippen LogP contribution in [0.3, 0.4) is 0 Å². The second-order valence-corrected chi connectivity index (χ2v) is 16.4. The van der Waals surface area contributed by atoms with E-state index in [0.717, 1.165) is 25.7 Å². The van der Waals surface area contributed by atoms with Crippen LogP contribution in [0, 0.1) is 11.8 Å². The highest BCUT2D eigenvalue weighted by Crippen LogP contribution is 2.44. The molecule has 4 nitrogen and oxygen atoms in total. The Morgan fingerprint density at radius 2 is 1.91 bits per heavy atom. The van der Waals surface area contributed by atoms with Crippen LogP contribution in [-0.4, -0.2) is 30.8 Å². The van der Waals surface area contributed by atoms with Crippen LogP contribution in [0.4, 0.5) is 0 Å². The Hall–Kier alpha value is -1.20. The predicted octanol–water partition coefficient (Wildman–Crippen LogP) is 8.09. The summed E-state index contributed by atoms with van der Waals surface area (Å²) in [5, 5.41) is 8.92. The summed E-state index contributed by atoms with van der Waals surface area (Å²) >= 11 is 0. The first-order valence-electron chi connectivity index (χ1n) is 13.0. The third kappa shape index (κ3) is 9.52. The fourth-order valence-electron chi connectivity index (χ4n) is 4.35. The minimum absolute atomic E-state index is 0.0243. The van der Waals surface area contributed by atoms with Gasteiger partial charge >= 0.3 is 5.97 Å². The van der Waals surface area contributed by atoms with Crippen LogP contribution in [0.25, 0.3) is 0 Å². The van der Waals surface area contributed by atoms with Gasteiger partial charge < -0.3 is 9.53 Å². The van der Waals surface area contributed by atoms with Crippen molar-refractivity contribution in [3.8, 4) is 0 Å². The zero-order valence-corrected chi connectivity index (χ0v) is 23.6. The maximum atomic E-state index is 12.6. The number of carbonyl (C=O) groups is 2. The van der Waals surface area contributed by atoms with E-state index in [0.29, 0.717) is 24.5 Å². The number of unbranched alkanes of at least 4 members (excludes halogenated alkanes) is 2. The van der Waals surface area contributed by atoms with Crippen molar-refractivity contribution in [3.63, 3.8) is 0 Å². The number of carboxylic acid groups (broad SMARTS) is 1. The van der Waals surface area contributed by atoms with Crippen molar-refractivity contribution in [3.05, 3.63) is 23.8 Å². The normalized spacial score (nSPS) is 20.2. The van der Waals surface area contributed by atoms with Gasteiger partial charge in [-0.25, -0.2) is 0 Å². The number of hydrogen-bond acceptors (Lipinski definition) is 3. The molecule has 2 unspecified atom stereocenters. The van der Waals surface area contributed by atoms with Crippen molar-refractivity contribution in [1.82, 2.24) is 0 Å². The molecule has 0 fully saturated rings. The molecule has 0 radical (unpaired) electrons. The summed E-state index contributed by atoms with van der Waals surface area (Å²) in [5.41, 5.74) is 1.07. The molecule has 0 saturated carbocycles. The first-order chi connectivity index (χ1) is 15.2. The van der Waals surface area contributed by atoms with Crippen LogP contribution in [0.5, 0.6) is 0 Å². The van der Waals surface area contributed by atoms with Gasteiger partial charge in [0.1, 0.15) is 5.78 Å². The molecule has 33 heavy (non-hydrogen) atoms. The third-order valence-electron chi connectivity index (χ3n) is 7.94. The van der Waals surface area contributed by atoms with Gasteiger partial charge in [-0.05, 0) is 69.5 Å². The average molecular weight is 479 g/mol. The van der Waals surface area contributed by atoms with Crippen LogP contribution < -0.4 is 0 Å². The molecule has 5 heteroatoms. The van der Waals surface area contributed by atoms with Crippen molar-refractivity contribution < 1.29 is 19.1 Å². The summed E-state index contributed by atoms with van der Waals surface area (Å²) in [6.45, 7) is 18.5. The number of rotatable bonds is 15. The van der Waals surface area contributed by atoms with E-state index in [9.17, 15) is 9.59 Å². The molecular formula is C28H50O4Si. The number of carbonyl (C=O) groups excluding carboxylic acids is 1. The SMILES string of the molecule is CCCCC(C)C(C)(CCC1=CCC(=O)[C@@H]1C/C=C\CCCC(=O)O)O[Si](C)(C)C(C)(C)C. The molecule has 1 N–H and O–H groups in total. The highest BCUT2D eigenvalue weighted by molar-refractivity contribution is 6.74. The number of hydrogen-bond donors (Lipinski definition) is 1. The van der Waals surface area contributed by atoms with Gasteiger partial charge in [-0.15, -0.1) is 0 Å². The number of aliphatic carboxylic acids is 1. The summed E-state index contributed by atoms with van der Waals surface area (Å²) in [5.74, 6) is 0.00242. The Bertz CT molecular complexity index is 701. The van der Waals surface area contributed by atoms with Crippen LogP contribution in [-0.2, 0) is 14.0 Å². The van der Waals surface area contributed by atoms with Crippen LogP contribution in [0.2, 0.25) is 18.1 Å². The first-order valence-corrected chi connectivity index (χ1v) is 15.9. The summed E-state index contributed by atoms with van der Waals surface area (Å²) in [7, 11) is -1.93. The molecular weight excluding hydrogens is 428 g/mol. The number of Topliss-reactive ketones (excluding diaryl/α,β-unsaturated/α-hetero) is 1. The Kier molecular flexibility index (Phi) is 11.8. The van der Waals surface area contributed by atoms with Gasteiger partial charge in [0, 0.05) is 18.8 Å². The number of allylic oxidation sites excluding steroid dienone is 4. The van der Waals surface area contributed by atoms with Gasteiger partial charge in [0.2, 0.25) is 0 Å². The van der Waals surface area contributed by atoms with E-state index in [2.05, 4.69) is 66.8 Å². The fourth-order valence-corrected chi connectivity index (χ4v) is 6.12. The fraction of sp³-hybridized carbons (Fsp3) is 0.786. The molecule has 1 rings (SSSR count). The number of carboxylic acids is 1. The molecule has 0 aromatic heterocycles. The molecule has 0 aromatic carbocycles. The zero-order valence-electron chi connectivity index (χ0n) is 22.6.